The summed E-state index contributed by atoms with van der Waals surface area (Å²) >= 11 is 0. The maximum Gasteiger partial charge on any atom is 0.255 e. The third kappa shape index (κ3) is 2.62. The molecule has 6 heteroatoms. The van der Waals surface area contributed by atoms with Gasteiger partial charge in [0, 0.05) is 6.07 Å². The van der Waals surface area contributed by atoms with E-state index in [0.29, 0.717) is 0 Å². The molecule has 0 aromatic carbocycles. The van der Waals surface area contributed by atoms with Crippen molar-refractivity contribution in [2.24, 2.45) is 5.14 Å². The van der Waals surface area contributed by atoms with Crippen LogP contribution in [0.25, 0.3) is 0 Å². The third-order valence-electron chi connectivity index (χ3n) is 2.21. The fourth-order valence-electron chi connectivity index (χ4n) is 1.35. The number of sulfonamides is 1. The van der Waals surface area contributed by atoms with E-state index in [0.717, 1.165) is 5.69 Å². The van der Waals surface area contributed by atoms with E-state index in [4.69, 9.17) is 5.14 Å². The van der Waals surface area contributed by atoms with Gasteiger partial charge >= 0.3 is 0 Å². The van der Waals surface area contributed by atoms with Crippen LogP contribution in [-0.4, -0.2) is 18.2 Å². The van der Waals surface area contributed by atoms with Gasteiger partial charge in [-0.15, -0.1) is 0 Å². The van der Waals surface area contributed by atoms with Crippen molar-refractivity contribution in [3.8, 4) is 0 Å². The van der Waals surface area contributed by atoms with E-state index in [1.807, 2.05) is 34.6 Å². The van der Waals surface area contributed by atoms with Crippen molar-refractivity contribution in [3.63, 3.8) is 0 Å². The SMILES string of the molecule is CC(C)c1cc(S(N)(=O)=O)n(C(C)(C)C)n1. The summed E-state index contributed by atoms with van der Waals surface area (Å²) in [5.41, 5.74) is 0.327. The lowest BCUT2D eigenvalue weighted by Crippen LogP contribution is -2.29. The molecule has 92 valence electrons. The van der Waals surface area contributed by atoms with E-state index in [1.165, 1.54) is 4.68 Å². The molecule has 0 saturated carbocycles. The molecule has 5 nitrogen and oxygen atoms in total. The van der Waals surface area contributed by atoms with Gasteiger partial charge in [-0.1, -0.05) is 13.8 Å². The highest BCUT2D eigenvalue weighted by molar-refractivity contribution is 7.89. The predicted octanol–water partition coefficient (Wildman–Crippen LogP) is 1.41. The number of hydrogen-bond donors (Lipinski definition) is 1. The molecule has 0 aliphatic rings. The highest BCUT2D eigenvalue weighted by Crippen LogP contribution is 2.23. The van der Waals surface area contributed by atoms with Gasteiger partial charge in [0.25, 0.3) is 10.0 Å². The van der Waals surface area contributed by atoms with Crippen LogP contribution in [0.3, 0.4) is 0 Å². The second-order valence-corrected chi connectivity index (χ2v) is 6.70. The van der Waals surface area contributed by atoms with Gasteiger partial charge in [0.1, 0.15) is 0 Å². The van der Waals surface area contributed by atoms with Gasteiger partial charge in [-0.2, -0.15) is 5.10 Å². The molecule has 0 saturated heterocycles. The van der Waals surface area contributed by atoms with Crippen LogP contribution in [0, 0.1) is 0 Å². The molecule has 16 heavy (non-hydrogen) atoms. The Morgan fingerprint density at radius 2 is 1.88 bits per heavy atom. The molecule has 1 rings (SSSR count). The van der Waals surface area contributed by atoms with Crippen molar-refractivity contribution >= 4 is 10.0 Å². The van der Waals surface area contributed by atoms with Gasteiger partial charge in [0.05, 0.1) is 11.2 Å². The fourth-order valence-corrected chi connectivity index (χ4v) is 2.19. The summed E-state index contributed by atoms with van der Waals surface area (Å²) in [6, 6.07) is 1.55. The Balaban J connectivity index is 3.48. The molecule has 0 amide bonds. The zero-order valence-corrected chi connectivity index (χ0v) is 11.2. The van der Waals surface area contributed by atoms with Gasteiger partial charge in [0.15, 0.2) is 5.03 Å². The topological polar surface area (TPSA) is 78.0 Å². The molecule has 0 aliphatic carbocycles. The molecule has 0 unspecified atom stereocenters. The van der Waals surface area contributed by atoms with Crippen LogP contribution in [0.5, 0.6) is 0 Å². The van der Waals surface area contributed by atoms with Crippen LogP contribution in [0.4, 0.5) is 0 Å². The molecule has 0 fully saturated rings. The predicted molar refractivity (Wildman–Crippen MR) is 62.7 cm³/mol. The van der Waals surface area contributed by atoms with Crippen molar-refractivity contribution < 1.29 is 8.42 Å². The van der Waals surface area contributed by atoms with E-state index in [9.17, 15) is 8.42 Å². The Kier molecular flexibility index (Phi) is 3.17. The first-order valence-electron chi connectivity index (χ1n) is 5.16. The van der Waals surface area contributed by atoms with Crippen LogP contribution in [0.2, 0.25) is 0 Å². The van der Waals surface area contributed by atoms with Crippen molar-refractivity contribution in [1.29, 1.82) is 0 Å². The summed E-state index contributed by atoms with van der Waals surface area (Å²) < 4.78 is 24.4. The normalized spacial score (nSPS) is 13.4. The van der Waals surface area contributed by atoms with Crippen molar-refractivity contribution in [3.05, 3.63) is 11.8 Å². The average Bonchev–Trinajstić information content (AvgIpc) is 2.44. The number of nitrogens with two attached hydrogens (primary N) is 1. The molecule has 1 aromatic rings. The molecule has 0 bridgehead atoms. The molecule has 0 spiro atoms. The third-order valence-corrected chi connectivity index (χ3v) is 3.09. The van der Waals surface area contributed by atoms with Crippen LogP contribution in [0.1, 0.15) is 46.2 Å². The quantitative estimate of drug-likeness (QED) is 0.855. The second kappa shape index (κ2) is 3.85. The second-order valence-electron chi connectivity index (χ2n) is 5.19. The van der Waals surface area contributed by atoms with Gasteiger partial charge in [-0.05, 0) is 26.7 Å². The Morgan fingerprint density at radius 3 is 2.12 bits per heavy atom. The number of hydrogen-bond acceptors (Lipinski definition) is 3. The van der Waals surface area contributed by atoms with Gasteiger partial charge in [-0.3, -0.25) is 0 Å². The van der Waals surface area contributed by atoms with Crippen molar-refractivity contribution in [1.82, 2.24) is 9.78 Å². The maximum absolute atomic E-state index is 11.5. The summed E-state index contributed by atoms with van der Waals surface area (Å²) in [6.07, 6.45) is 0. The Morgan fingerprint density at radius 1 is 1.38 bits per heavy atom. The van der Waals surface area contributed by atoms with Crippen molar-refractivity contribution in [2.75, 3.05) is 0 Å². The first-order chi connectivity index (χ1) is 7.03. The van der Waals surface area contributed by atoms with Crippen LogP contribution < -0.4 is 5.14 Å². The Labute approximate surface area is 96.7 Å². The first kappa shape index (κ1) is 13.2. The summed E-state index contributed by atoms with van der Waals surface area (Å²) in [6.45, 7) is 9.58. The van der Waals surface area contributed by atoms with E-state index >= 15 is 0 Å². The number of nitrogens with zero attached hydrogens (tertiary/aromatic N) is 2. The lowest BCUT2D eigenvalue weighted by molar-refractivity contribution is 0.323. The molecule has 1 heterocycles. The minimum Gasteiger partial charge on any atom is -0.247 e. The number of primary sulfonamides is 1. The molecule has 2 N–H and O–H groups in total. The number of aromatic nitrogens is 2. The largest absolute Gasteiger partial charge is 0.255 e. The van der Waals surface area contributed by atoms with Gasteiger partial charge in [-0.25, -0.2) is 18.2 Å². The van der Waals surface area contributed by atoms with E-state index in [2.05, 4.69) is 5.10 Å². The Bertz CT molecular complexity index is 481. The average molecular weight is 245 g/mol. The smallest absolute Gasteiger partial charge is 0.247 e. The van der Waals surface area contributed by atoms with Crippen LogP contribution >= 0.6 is 0 Å². The minimum atomic E-state index is -3.73. The monoisotopic (exact) mass is 245 g/mol. The molecular formula is C10H19N3O2S. The lowest BCUT2D eigenvalue weighted by atomic mass is 10.1. The highest BCUT2D eigenvalue weighted by Gasteiger charge is 2.26. The summed E-state index contributed by atoms with van der Waals surface area (Å²) in [7, 11) is -3.73. The minimum absolute atomic E-state index is 0.0729. The summed E-state index contributed by atoms with van der Waals surface area (Å²) in [4.78, 5) is 0. The van der Waals surface area contributed by atoms with E-state index in [1.54, 1.807) is 6.07 Å². The fraction of sp³-hybridized carbons (Fsp3) is 0.700. The summed E-state index contributed by atoms with van der Waals surface area (Å²) in [5, 5.41) is 9.56. The summed E-state index contributed by atoms with van der Waals surface area (Å²) in [5.74, 6) is 0.170. The molecular weight excluding hydrogens is 226 g/mol. The maximum atomic E-state index is 11.5. The van der Waals surface area contributed by atoms with Gasteiger partial charge < -0.3 is 0 Å². The zero-order chi connectivity index (χ0) is 12.7. The first-order valence-corrected chi connectivity index (χ1v) is 6.71. The standard InChI is InChI=1S/C10H19N3O2S/c1-7(2)8-6-9(16(11,14)15)13(12-8)10(3,4)5/h6-7H,1-5H3,(H2,11,14,15). The van der Waals surface area contributed by atoms with Crippen LogP contribution in [0.15, 0.2) is 11.1 Å². The number of rotatable bonds is 2. The van der Waals surface area contributed by atoms with E-state index < -0.39 is 15.6 Å². The molecule has 1 aromatic heterocycles. The lowest BCUT2D eigenvalue weighted by Gasteiger charge is -2.21. The zero-order valence-electron chi connectivity index (χ0n) is 10.4. The molecule has 0 aliphatic heterocycles. The highest BCUT2D eigenvalue weighted by atomic mass is 32.2. The van der Waals surface area contributed by atoms with Crippen LogP contribution in [-0.2, 0) is 15.6 Å². The molecule has 0 atom stereocenters. The Hall–Kier alpha value is -0.880. The van der Waals surface area contributed by atoms with Gasteiger partial charge in [0.2, 0.25) is 0 Å². The van der Waals surface area contributed by atoms with E-state index in [-0.39, 0.29) is 10.9 Å². The molecule has 0 radical (unpaired) electrons. The van der Waals surface area contributed by atoms with Crippen molar-refractivity contribution in [2.45, 2.75) is 51.1 Å².